The maximum atomic E-state index is 12.3. The Bertz CT molecular complexity index is 763. The Hall–Kier alpha value is -2.79. The third kappa shape index (κ3) is 3.94. The molecule has 24 heavy (non-hydrogen) atoms. The average Bonchev–Trinajstić information content (AvgIpc) is 3.30. The van der Waals surface area contributed by atoms with E-state index in [1.807, 2.05) is 35.0 Å². The summed E-state index contributed by atoms with van der Waals surface area (Å²) in [4.78, 5) is 12.3. The van der Waals surface area contributed by atoms with E-state index in [0.29, 0.717) is 11.5 Å². The highest BCUT2D eigenvalue weighted by Gasteiger charge is 2.15. The minimum atomic E-state index is -0.850. The van der Waals surface area contributed by atoms with E-state index in [4.69, 9.17) is 4.42 Å². The number of aryl methyl sites for hydroxylation is 2. The summed E-state index contributed by atoms with van der Waals surface area (Å²) in [5.41, 5.74) is 1.81. The number of nitrogens with one attached hydrogen (secondary N) is 1. The van der Waals surface area contributed by atoms with Crippen molar-refractivity contribution in [2.75, 3.05) is 6.54 Å². The second-order valence-corrected chi connectivity index (χ2v) is 5.56. The summed E-state index contributed by atoms with van der Waals surface area (Å²) in [6.07, 6.45) is 3.39. The third-order valence-corrected chi connectivity index (χ3v) is 3.87. The predicted molar refractivity (Wildman–Crippen MR) is 90.6 cm³/mol. The second-order valence-electron chi connectivity index (χ2n) is 5.56. The van der Waals surface area contributed by atoms with Gasteiger partial charge in [-0.15, -0.1) is 0 Å². The quantitative estimate of drug-likeness (QED) is 0.702. The van der Waals surface area contributed by atoms with Gasteiger partial charge in [-0.25, -0.2) is 0 Å². The maximum absolute atomic E-state index is 12.3. The standard InChI is InChI=1S/C19H20N2O3/c22-17(18-9-5-13-24-18)14-20-19(23)16-8-4-11-21(16)12-10-15-6-2-1-3-7-15/h1-9,11,13,17,22H,10,12,14H2,(H,20,23). The summed E-state index contributed by atoms with van der Waals surface area (Å²) in [5, 5.41) is 12.7. The lowest BCUT2D eigenvalue weighted by molar-refractivity contribution is 0.0892. The normalized spacial score (nSPS) is 12.0. The smallest absolute Gasteiger partial charge is 0.268 e. The van der Waals surface area contributed by atoms with Gasteiger partial charge >= 0.3 is 0 Å². The van der Waals surface area contributed by atoms with Crippen LogP contribution in [-0.4, -0.2) is 22.1 Å². The van der Waals surface area contributed by atoms with E-state index in [0.717, 1.165) is 13.0 Å². The van der Waals surface area contributed by atoms with E-state index in [1.165, 1.54) is 11.8 Å². The van der Waals surface area contributed by atoms with Crippen molar-refractivity contribution in [1.82, 2.24) is 9.88 Å². The number of carbonyl (C=O) groups is 1. The average molecular weight is 324 g/mol. The summed E-state index contributed by atoms with van der Waals surface area (Å²) >= 11 is 0. The Balaban J connectivity index is 1.56. The van der Waals surface area contributed by atoms with Gasteiger partial charge in [-0.05, 0) is 36.2 Å². The molecule has 3 rings (SSSR count). The molecule has 3 aromatic rings. The molecule has 5 nitrogen and oxygen atoms in total. The topological polar surface area (TPSA) is 67.4 Å². The molecule has 0 spiro atoms. The Labute approximate surface area is 140 Å². The fourth-order valence-corrected chi connectivity index (χ4v) is 2.57. The van der Waals surface area contributed by atoms with Crippen LogP contribution in [0.4, 0.5) is 0 Å². The minimum Gasteiger partial charge on any atom is -0.467 e. The number of aromatic nitrogens is 1. The molecular weight excluding hydrogens is 304 g/mol. The molecule has 2 heterocycles. The summed E-state index contributed by atoms with van der Waals surface area (Å²) < 4.78 is 7.04. The fourth-order valence-electron chi connectivity index (χ4n) is 2.57. The highest BCUT2D eigenvalue weighted by molar-refractivity contribution is 5.92. The van der Waals surface area contributed by atoms with E-state index in [2.05, 4.69) is 17.4 Å². The maximum Gasteiger partial charge on any atom is 0.268 e. The molecule has 0 aliphatic carbocycles. The lowest BCUT2D eigenvalue weighted by atomic mass is 10.1. The van der Waals surface area contributed by atoms with Crippen LogP contribution in [0, 0.1) is 0 Å². The van der Waals surface area contributed by atoms with Crippen LogP contribution in [0.25, 0.3) is 0 Å². The molecule has 0 aliphatic rings. The van der Waals surface area contributed by atoms with Crippen LogP contribution in [0.2, 0.25) is 0 Å². The van der Waals surface area contributed by atoms with Crippen LogP contribution in [0.1, 0.15) is 27.9 Å². The van der Waals surface area contributed by atoms with Crippen LogP contribution in [0.15, 0.2) is 71.5 Å². The van der Waals surface area contributed by atoms with Crippen molar-refractivity contribution in [2.24, 2.45) is 0 Å². The van der Waals surface area contributed by atoms with Crippen molar-refractivity contribution < 1.29 is 14.3 Å². The van der Waals surface area contributed by atoms with Crippen LogP contribution < -0.4 is 5.32 Å². The van der Waals surface area contributed by atoms with Crippen molar-refractivity contribution >= 4 is 5.91 Å². The molecule has 124 valence electrons. The van der Waals surface area contributed by atoms with Crippen molar-refractivity contribution in [3.05, 3.63) is 84.1 Å². The first-order valence-electron chi connectivity index (χ1n) is 7.93. The summed E-state index contributed by atoms with van der Waals surface area (Å²) in [5.74, 6) is 0.230. The minimum absolute atomic E-state index is 0.107. The van der Waals surface area contributed by atoms with Gasteiger partial charge < -0.3 is 19.4 Å². The molecule has 1 unspecified atom stereocenters. The lowest BCUT2D eigenvalue weighted by Crippen LogP contribution is -2.30. The van der Waals surface area contributed by atoms with Gasteiger partial charge in [0.2, 0.25) is 0 Å². The lowest BCUT2D eigenvalue weighted by Gasteiger charge is -2.12. The van der Waals surface area contributed by atoms with E-state index in [1.54, 1.807) is 18.2 Å². The zero-order valence-corrected chi connectivity index (χ0v) is 13.3. The Morgan fingerprint density at radius 3 is 2.71 bits per heavy atom. The van der Waals surface area contributed by atoms with Crippen LogP contribution in [0.3, 0.4) is 0 Å². The summed E-state index contributed by atoms with van der Waals surface area (Å²) in [6, 6.07) is 17.2. The molecule has 2 aromatic heterocycles. The molecular formula is C19H20N2O3. The molecule has 5 heteroatoms. The molecule has 0 radical (unpaired) electrons. The first-order valence-corrected chi connectivity index (χ1v) is 7.93. The van der Waals surface area contributed by atoms with Gasteiger partial charge in [0.05, 0.1) is 12.8 Å². The molecule has 0 aliphatic heterocycles. The van der Waals surface area contributed by atoms with Crippen molar-refractivity contribution in [3.63, 3.8) is 0 Å². The van der Waals surface area contributed by atoms with Gasteiger partial charge in [-0.2, -0.15) is 0 Å². The molecule has 2 N–H and O–H groups in total. The summed E-state index contributed by atoms with van der Waals surface area (Å²) in [6.45, 7) is 0.830. The molecule has 0 saturated carbocycles. The highest BCUT2D eigenvalue weighted by atomic mass is 16.4. The fraction of sp³-hybridized carbons (Fsp3) is 0.211. The number of carbonyl (C=O) groups excluding carboxylic acids is 1. The number of aliphatic hydroxyl groups is 1. The third-order valence-electron chi connectivity index (χ3n) is 3.87. The number of rotatable bonds is 7. The Morgan fingerprint density at radius 1 is 1.12 bits per heavy atom. The first-order chi connectivity index (χ1) is 11.7. The highest BCUT2D eigenvalue weighted by Crippen LogP contribution is 2.12. The number of nitrogens with zero attached hydrogens (tertiary/aromatic N) is 1. The van der Waals surface area contributed by atoms with Gasteiger partial charge in [0, 0.05) is 12.7 Å². The van der Waals surface area contributed by atoms with E-state index in [9.17, 15) is 9.90 Å². The van der Waals surface area contributed by atoms with E-state index in [-0.39, 0.29) is 12.5 Å². The molecule has 1 amide bonds. The van der Waals surface area contributed by atoms with Gasteiger partial charge in [0.1, 0.15) is 17.6 Å². The van der Waals surface area contributed by atoms with E-state index < -0.39 is 6.10 Å². The number of amides is 1. The monoisotopic (exact) mass is 324 g/mol. The zero-order chi connectivity index (χ0) is 16.8. The molecule has 0 saturated heterocycles. The molecule has 1 atom stereocenters. The van der Waals surface area contributed by atoms with Crippen LogP contribution >= 0.6 is 0 Å². The predicted octanol–water partition coefficient (Wildman–Crippen LogP) is 2.79. The molecule has 0 fully saturated rings. The number of hydrogen-bond acceptors (Lipinski definition) is 3. The molecule has 0 bridgehead atoms. The van der Waals surface area contributed by atoms with Gasteiger partial charge in [-0.1, -0.05) is 30.3 Å². The first kappa shape index (κ1) is 16.1. The molecule has 1 aromatic carbocycles. The largest absolute Gasteiger partial charge is 0.467 e. The Kier molecular flexibility index (Phi) is 5.13. The summed E-state index contributed by atoms with van der Waals surface area (Å²) in [7, 11) is 0. The van der Waals surface area contributed by atoms with Crippen LogP contribution in [0.5, 0.6) is 0 Å². The zero-order valence-electron chi connectivity index (χ0n) is 13.3. The van der Waals surface area contributed by atoms with Gasteiger partial charge in [0.25, 0.3) is 5.91 Å². The number of furan rings is 1. The van der Waals surface area contributed by atoms with Crippen LogP contribution in [-0.2, 0) is 13.0 Å². The van der Waals surface area contributed by atoms with Gasteiger partial charge in [0.15, 0.2) is 0 Å². The SMILES string of the molecule is O=C(NCC(O)c1ccco1)c1cccn1CCc1ccccc1. The van der Waals surface area contributed by atoms with Crippen molar-refractivity contribution in [3.8, 4) is 0 Å². The van der Waals surface area contributed by atoms with Gasteiger partial charge in [-0.3, -0.25) is 4.79 Å². The second kappa shape index (κ2) is 7.66. The van der Waals surface area contributed by atoms with Crippen molar-refractivity contribution in [1.29, 1.82) is 0 Å². The number of aliphatic hydroxyl groups excluding tert-OH is 1. The van der Waals surface area contributed by atoms with E-state index >= 15 is 0 Å². The Morgan fingerprint density at radius 2 is 1.96 bits per heavy atom. The number of benzene rings is 1. The number of hydrogen-bond donors (Lipinski definition) is 2. The van der Waals surface area contributed by atoms with Crippen molar-refractivity contribution in [2.45, 2.75) is 19.1 Å².